The van der Waals surface area contributed by atoms with E-state index in [4.69, 9.17) is 0 Å². The first-order chi connectivity index (χ1) is 28.4. The van der Waals surface area contributed by atoms with Crippen molar-refractivity contribution in [3.05, 3.63) is 162 Å². The fourth-order valence-electron chi connectivity index (χ4n) is 10.3. The molecule has 338 valence electrons. The third-order valence-electron chi connectivity index (χ3n) is 13.5. The molecule has 0 unspecified atom stereocenters. The van der Waals surface area contributed by atoms with Crippen LogP contribution < -0.4 is 24.8 Å². The number of allylic oxidation sites excluding steroid dienone is 8. The molecule has 4 aliphatic carbocycles. The fourth-order valence-corrected chi connectivity index (χ4v) is 19.3. The van der Waals surface area contributed by atoms with E-state index in [0.29, 0.717) is 20.8 Å². The summed E-state index contributed by atoms with van der Waals surface area (Å²) in [7, 11) is 0. The van der Waals surface area contributed by atoms with Crippen LogP contribution in [0.1, 0.15) is 156 Å². The SMILES string of the molecule is CC(C)(C)C1=CC[C]([Zr+2](=[C](c2cccc(C(F)(F)F)c2)c2cccc(C(F)(F)F)c2)[CH]2c3cc4c(cc3-c3cc5c(cc32)C(C)(C)C=C5C(C)(C)C)C(C(C)(C)C)=CC4(C)C)=C1.[Cl-].[Cl-]. The Labute approximate surface area is 396 Å². The smallest absolute Gasteiger partial charge is 1.00 e. The Kier molecular flexibility index (Phi) is 12.7. The van der Waals surface area contributed by atoms with Crippen molar-refractivity contribution in [2.75, 3.05) is 0 Å². The summed E-state index contributed by atoms with van der Waals surface area (Å²) < 4.78 is 89.7. The summed E-state index contributed by atoms with van der Waals surface area (Å²) in [6.45, 7) is 28.9. The van der Waals surface area contributed by atoms with Crippen molar-refractivity contribution >= 4 is 14.4 Å². The van der Waals surface area contributed by atoms with Gasteiger partial charge in [-0.2, -0.15) is 0 Å². The average Bonchev–Trinajstić information content (AvgIpc) is 3.89. The van der Waals surface area contributed by atoms with Gasteiger partial charge in [-0.15, -0.1) is 0 Å². The summed E-state index contributed by atoms with van der Waals surface area (Å²) >= 11 is -3.87. The van der Waals surface area contributed by atoms with Gasteiger partial charge in [0.15, 0.2) is 0 Å². The molecule has 9 heteroatoms. The Morgan fingerprint density at radius 3 is 1.30 bits per heavy atom. The third kappa shape index (κ3) is 8.74. The van der Waals surface area contributed by atoms with Gasteiger partial charge in [-0.1, -0.05) is 0 Å². The van der Waals surface area contributed by atoms with Crippen molar-refractivity contribution in [1.82, 2.24) is 0 Å². The zero-order chi connectivity index (χ0) is 45.5. The van der Waals surface area contributed by atoms with Crippen LogP contribution >= 0.6 is 0 Å². The predicted molar refractivity (Wildman–Crippen MR) is 241 cm³/mol. The van der Waals surface area contributed by atoms with Gasteiger partial charge in [0.05, 0.1) is 0 Å². The zero-order valence-electron chi connectivity index (χ0n) is 39.0. The molecule has 4 aliphatic rings. The molecule has 0 spiro atoms. The molecule has 4 aromatic carbocycles. The van der Waals surface area contributed by atoms with Gasteiger partial charge in [-0.25, -0.2) is 0 Å². The van der Waals surface area contributed by atoms with Crippen LogP contribution in [0.5, 0.6) is 0 Å². The van der Waals surface area contributed by atoms with E-state index in [-0.39, 0.29) is 55.5 Å². The molecular formula is C55H58Cl2F6Zr. The summed E-state index contributed by atoms with van der Waals surface area (Å²) in [5.74, 6) is 0. The number of benzene rings is 4. The minimum absolute atomic E-state index is 0. The van der Waals surface area contributed by atoms with Crippen LogP contribution in [0, 0.1) is 16.2 Å². The van der Waals surface area contributed by atoms with Crippen molar-refractivity contribution in [2.24, 2.45) is 16.2 Å². The molecule has 0 saturated heterocycles. The summed E-state index contributed by atoms with van der Waals surface area (Å²) in [5.41, 5.74) is 11.0. The number of fused-ring (bicyclic) bond motifs is 5. The molecule has 0 aromatic heterocycles. The minimum atomic E-state index is -4.65. The molecule has 0 heterocycles. The molecule has 0 aliphatic heterocycles. The van der Waals surface area contributed by atoms with Gasteiger partial charge in [0, 0.05) is 0 Å². The van der Waals surface area contributed by atoms with Crippen molar-refractivity contribution in [3.63, 3.8) is 0 Å². The van der Waals surface area contributed by atoms with Gasteiger partial charge in [-0.3, -0.25) is 0 Å². The minimum Gasteiger partial charge on any atom is -1.00 e. The Hall–Kier alpha value is -3.25. The number of rotatable bonds is 4. The van der Waals surface area contributed by atoms with Crippen molar-refractivity contribution in [1.29, 1.82) is 0 Å². The average molecular weight is 995 g/mol. The fraction of sp³-hybridized carbons (Fsp3) is 0.400. The van der Waals surface area contributed by atoms with Gasteiger partial charge in [0.1, 0.15) is 0 Å². The Morgan fingerprint density at radius 2 is 0.953 bits per heavy atom. The molecule has 8 rings (SSSR count). The number of alkyl halides is 6. The molecule has 64 heavy (non-hydrogen) atoms. The van der Waals surface area contributed by atoms with E-state index >= 15 is 0 Å². The van der Waals surface area contributed by atoms with Crippen LogP contribution in [0.3, 0.4) is 0 Å². The molecule has 0 N–H and O–H groups in total. The van der Waals surface area contributed by atoms with Crippen LogP contribution in [0.25, 0.3) is 22.3 Å². The molecule has 0 fully saturated rings. The molecule has 0 atom stereocenters. The van der Waals surface area contributed by atoms with Crippen molar-refractivity contribution < 1.29 is 72.4 Å². The van der Waals surface area contributed by atoms with Crippen LogP contribution in [-0.4, -0.2) is 3.21 Å². The Bertz CT molecular complexity index is 2570. The van der Waals surface area contributed by atoms with E-state index in [1.54, 1.807) is 12.1 Å². The third-order valence-corrected chi connectivity index (χ3v) is 21.7. The Morgan fingerprint density at radius 1 is 0.547 bits per heavy atom. The van der Waals surface area contributed by atoms with E-state index in [1.807, 2.05) is 0 Å². The molecule has 0 saturated carbocycles. The van der Waals surface area contributed by atoms with E-state index in [9.17, 15) is 26.3 Å². The summed E-state index contributed by atoms with van der Waals surface area (Å²) in [4.78, 5) is 0. The quantitative estimate of drug-likeness (QED) is 0.179. The largest absolute Gasteiger partial charge is 1.00 e. The van der Waals surface area contributed by atoms with Crippen LogP contribution in [-0.2, 0) is 44.4 Å². The van der Waals surface area contributed by atoms with Crippen LogP contribution in [0.15, 0.2) is 106 Å². The number of hydrogen-bond acceptors (Lipinski definition) is 0. The zero-order valence-corrected chi connectivity index (χ0v) is 43.0. The standard InChI is InChI=1S/C31H37.C15H8F6.C9H13.2ClH.Zr/c1-28(2,3)26-16-30(7,8)24-12-18-11-19-13-25-23(15-21(19)20(18)14-22(24)26)27(29(4,5)6)17-31(25,9)10;16-14(17,18)12-5-1-3-10(8-12)7-11-4-2-6-13(9-11)15(19,20)21;1-9(2,3)8-6-4-5-7-8;;;/h11-17H,1-10H3;1-6,8-9H;6-7H,4H2,1-3H3;2*1H;/q;;;;;+2/p-2. The first-order valence-corrected chi connectivity index (χ1v) is 25.6. The molecule has 0 amide bonds. The van der Waals surface area contributed by atoms with Crippen LogP contribution in [0.2, 0.25) is 0 Å². The van der Waals surface area contributed by atoms with Gasteiger partial charge in [0.2, 0.25) is 0 Å². The summed E-state index contributed by atoms with van der Waals surface area (Å²) in [5, 5.41) is 0. The Balaban J connectivity index is 0.00000340. The van der Waals surface area contributed by atoms with Gasteiger partial charge in [0.25, 0.3) is 0 Å². The van der Waals surface area contributed by atoms with E-state index in [1.165, 1.54) is 57.7 Å². The van der Waals surface area contributed by atoms with Crippen molar-refractivity contribution in [3.8, 4) is 11.1 Å². The van der Waals surface area contributed by atoms with E-state index in [0.717, 1.165) is 43.2 Å². The van der Waals surface area contributed by atoms with Crippen LogP contribution in [0.4, 0.5) is 26.3 Å². The maximum atomic E-state index is 14.7. The summed E-state index contributed by atoms with van der Waals surface area (Å²) in [6, 6.07) is 20.2. The molecular weight excluding hydrogens is 937 g/mol. The van der Waals surface area contributed by atoms with Gasteiger partial charge in [-0.05, 0) is 0 Å². The molecule has 0 radical (unpaired) electrons. The topological polar surface area (TPSA) is 0 Å². The monoisotopic (exact) mass is 992 g/mol. The van der Waals surface area contributed by atoms with Crippen molar-refractivity contribution in [2.45, 2.75) is 123 Å². The molecule has 4 aromatic rings. The van der Waals surface area contributed by atoms with Gasteiger partial charge >= 0.3 is 374 Å². The maximum absolute atomic E-state index is 14.7. The molecule has 0 nitrogen and oxygen atoms in total. The second-order valence-electron chi connectivity index (χ2n) is 22.2. The normalized spacial score (nSPS) is 17.4. The van der Waals surface area contributed by atoms with Gasteiger partial charge < -0.3 is 24.8 Å². The maximum Gasteiger partial charge on any atom is -1.00 e. The number of halogens is 8. The summed E-state index contributed by atoms with van der Waals surface area (Å²) in [6.07, 6.45) is 0.576. The first-order valence-electron chi connectivity index (χ1n) is 21.7. The second kappa shape index (κ2) is 16.2. The van der Waals surface area contributed by atoms with E-state index in [2.05, 4.69) is 139 Å². The predicted octanol–water partition coefficient (Wildman–Crippen LogP) is 10.4. The first kappa shape index (κ1) is 50.2. The second-order valence-corrected chi connectivity index (χ2v) is 28.5. The number of hydrogen-bond donors (Lipinski definition) is 0. The molecule has 0 bridgehead atoms. The van der Waals surface area contributed by atoms with E-state index < -0.39 is 44.7 Å².